The molecule has 1 heterocycles. The summed E-state index contributed by atoms with van der Waals surface area (Å²) in [6.07, 6.45) is 1.86. The van der Waals surface area contributed by atoms with Crippen LogP contribution >= 0.6 is 0 Å². The Bertz CT molecular complexity index is 464. The fourth-order valence-corrected chi connectivity index (χ4v) is 2.64. The van der Waals surface area contributed by atoms with E-state index in [1.165, 1.54) is 12.1 Å². The highest BCUT2D eigenvalue weighted by Gasteiger charge is 2.26. The Morgan fingerprint density at radius 2 is 2.37 bits per heavy atom. The highest BCUT2D eigenvalue weighted by Crippen LogP contribution is 2.27. The summed E-state index contributed by atoms with van der Waals surface area (Å²) in [6.45, 7) is 1.85. The number of halogens is 1. The maximum absolute atomic E-state index is 13.2. The SMILES string of the molecule is CNC(=O)C1CCCN(c2ccc(F)cc2CN)C1. The Hall–Kier alpha value is -1.62. The molecular formula is C14H20FN3O. The van der Waals surface area contributed by atoms with Crippen molar-refractivity contribution in [3.8, 4) is 0 Å². The molecule has 1 unspecified atom stereocenters. The number of carbonyl (C=O) groups is 1. The molecule has 1 aromatic carbocycles. The first kappa shape index (κ1) is 13.8. The van der Waals surface area contributed by atoms with Crippen LogP contribution in [0, 0.1) is 11.7 Å². The third-order valence-electron chi connectivity index (χ3n) is 3.64. The van der Waals surface area contributed by atoms with Gasteiger partial charge in [-0.1, -0.05) is 0 Å². The molecule has 1 fully saturated rings. The highest BCUT2D eigenvalue weighted by molar-refractivity contribution is 5.79. The van der Waals surface area contributed by atoms with E-state index in [0.29, 0.717) is 13.1 Å². The topological polar surface area (TPSA) is 58.4 Å². The third kappa shape index (κ3) is 3.04. The second-order valence-electron chi connectivity index (χ2n) is 4.88. The summed E-state index contributed by atoms with van der Waals surface area (Å²) in [6, 6.07) is 4.67. The number of hydrogen-bond acceptors (Lipinski definition) is 3. The summed E-state index contributed by atoms with van der Waals surface area (Å²) in [7, 11) is 1.66. The molecule has 0 saturated carbocycles. The molecule has 5 heteroatoms. The molecule has 3 N–H and O–H groups in total. The molecule has 1 aliphatic heterocycles. The molecule has 0 radical (unpaired) electrons. The molecule has 2 rings (SSSR count). The van der Waals surface area contributed by atoms with Crippen LogP contribution in [0.2, 0.25) is 0 Å². The molecule has 1 amide bonds. The van der Waals surface area contributed by atoms with Gasteiger partial charge in [0.25, 0.3) is 0 Å². The lowest BCUT2D eigenvalue weighted by Crippen LogP contribution is -2.42. The number of anilines is 1. The standard InChI is InChI=1S/C14H20FN3O/c1-17-14(19)10-3-2-6-18(9-10)13-5-4-12(15)7-11(13)8-16/h4-5,7,10H,2-3,6,8-9,16H2,1H3,(H,17,19). The van der Waals surface area contributed by atoms with Crippen LogP contribution in [0.5, 0.6) is 0 Å². The predicted molar refractivity (Wildman–Crippen MR) is 73.3 cm³/mol. The van der Waals surface area contributed by atoms with Gasteiger partial charge in [0.15, 0.2) is 0 Å². The van der Waals surface area contributed by atoms with Crippen molar-refractivity contribution in [1.29, 1.82) is 0 Å². The number of piperidine rings is 1. The van der Waals surface area contributed by atoms with E-state index in [2.05, 4.69) is 10.2 Å². The Labute approximate surface area is 112 Å². The fraction of sp³-hybridized carbons (Fsp3) is 0.500. The monoisotopic (exact) mass is 265 g/mol. The first-order chi connectivity index (χ1) is 9.15. The van der Waals surface area contributed by atoms with Crippen LogP contribution in [0.3, 0.4) is 0 Å². The number of amides is 1. The molecule has 1 aromatic rings. The van der Waals surface area contributed by atoms with Crippen LogP contribution in [0.25, 0.3) is 0 Å². The molecule has 19 heavy (non-hydrogen) atoms. The summed E-state index contributed by atoms with van der Waals surface area (Å²) in [5, 5.41) is 2.69. The number of nitrogens with two attached hydrogens (primary N) is 1. The zero-order valence-electron chi connectivity index (χ0n) is 11.2. The Morgan fingerprint density at radius 1 is 1.58 bits per heavy atom. The van der Waals surface area contributed by atoms with Gasteiger partial charge in [0.2, 0.25) is 5.91 Å². The molecule has 1 aliphatic rings. The molecule has 4 nitrogen and oxygen atoms in total. The van der Waals surface area contributed by atoms with Crippen molar-refractivity contribution in [1.82, 2.24) is 5.32 Å². The van der Waals surface area contributed by atoms with Gasteiger partial charge in [-0.25, -0.2) is 4.39 Å². The van der Waals surface area contributed by atoms with Crippen molar-refractivity contribution in [2.24, 2.45) is 11.7 Å². The molecule has 0 aromatic heterocycles. The van der Waals surface area contributed by atoms with E-state index in [0.717, 1.165) is 30.6 Å². The lowest BCUT2D eigenvalue weighted by Gasteiger charge is -2.34. The molecule has 1 saturated heterocycles. The molecular weight excluding hydrogens is 245 g/mol. The van der Waals surface area contributed by atoms with Gasteiger partial charge in [-0.15, -0.1) is 0 Å². The van der Waals surface area contributed by atoms with Crippen molar-refractivity contribution < 1.29 is 9.18 Å². The van der Waals surface area contributed by atoms with Crippen molar-refractivity contribution in [2.75, 3.05) is 25.0 Å². The lowest BCUT2D eigenvalue weighted by molar-refractivity contribution is -0.124. The zero-order chi connectivity index (χ0) is 13.8. The largest absolute Gasteiger partial charge is 0.370 e. The summed E-state index contributed by atoms with van der Waals surface area (Å²) >= 11 is 0. The van der Waals surface area contributed by atoms with E-state index < -0.39 is 0 Å². The van der Waals surface area contributed by atoms with Gasteiger partial charge >= 0.3 is 0 Å². The molecule has 104 valence electrons. The van der Waals surface area contributed by atoms with Gasteiger partial charge in [-0.3, -0.25) is 4.79 Å². The number of benzene rings is 1. The maximum atomic E-state index is 13.2. The average Bonchev–Trinajstić information content (AvgIpc) is 2.46. The Kier molecular flexibility index (Phi) is 4.37. The van der Waals surface area contributed by atoms with E-state index in [-0.39, 0.29) is 17.6 Å². The van der Waals surface area contributed by atoms with Gasteiger partial charge in [0.1, 0.15) is 5.82 Å². The highest BCUT2D eigenvalue weighted by atomic mass is 19.1. The summed E-state index contributed by atoms with van der Waals surface area (Å²) < 4.78 is 13.2. The van der Waals surface area contributed by atoms with Crippen molar-refractivity contribution in [2.45, 2.75) is 19.4 Å². The summed E-state index contributed by atoms with van der Waals surface area (Å²) in [5.74, 6) is -0.209. The molecule has 0 aliphatic carbocycles. The van der Waals surface area contributed by atoms with E-state index in [9.17, 15) is 9.18 Å². The van der Waals surface area contributed by atoms with E-state index in [1.54, 1.807) is 13.1 Å². The van der Waals surface area contributed by atoms with Gasteiger partial charge in [-0.05, 0) is 36.6 Å². The average molecular weight is 265 g/mol. The van der Waals surface area contributed by atoms with E-state index >= 15 is 0 Å². The molecule has 0 spiro atoms. The minimum atomic E-state index is -0.274. The smallest absolute Gasteiger partial charge is 0.224 e. The van der Waals surface area contributed by atoms with Crippen LogP contribution in [0.4, 0.5) is 10.1 Å². The number of nitrogens with zero attached hydrogens (tertiary/aromatic N) is 1. The van der Waals surface area contributed by atoms with Crippen LogP contribution < -0.4 is 16.0 Å². The van der Waals surface area contributed by atoms with Crippen LogP contribution in [0.1, 0.15) is 18.4 Å². The van der Waals surface area contributed by atoms with Crippen molar-refractivity contribution >= 4 is 11.6 Å². The first-order valence-electron chi connectivity index (χ1n) is 6.60. The second-order valence-corrected chi connectivity index (χ2v) is 4.88. The maximum Gasteiger partial charge on any atom is 0.224 e. The first-order valence-corrected chi connectivity index (χ1v) is 6.60. The quantitative estimate of drug-likeness (QED) is 0.864. The van der Waals surface area contributed by atoms with Crippen LogP contribution in [-0.2, 0) is 11.3 Å². The normalized spacial score (nSPS) is 19.3. The summed E-state index contributed by atoms with van der Waals surface area (Å²) in [5.41, 5.74) is 7.41. The predicted octanol–water partition coefficient (Wildman–Crippen LogP) is 1.25. The lowest BCUT2D eigenvalue weighted by atomic mass is 9.96. The number of carbonyl (C=O) groups excluding carboxylic acids is 1. The third-order valence-corrected chi connectivity index (χ3v) is 3.64. The minimum absolute atomic E-state index is 0.00516. The number of hydrogen-bond donors (Lipinski definition) is 2. The van der Waals surface area contributed by atoms with Crippen LogP contribution in [0.15, 0.2) is 18.2 Å². The number of nitrogens with one attached hydrogen (secondary N) is 1. The Morgan fingerprint density at radius 3 is 3.05 bits per heavy atom. The van der Waals surface area contributed by atoms with E-state index in [4.69, 9.17) is 5.73 Å². The van der Waals surface area contributed by atoms with Gasteiger partial charge in [0.05, 0.1) is 5.92 Å². The number of rotatable bonds is 3. The van der Waals surface area contributed by atoms with Gasteiger partial charge in [-0.2, -0.15) is 0 Å². The molecule has 1 atom stereocenters. The molecule has 0 bridgehead atoms. The Balaban J connectivity index is 2.19. The zero-order valence-corrected chi connectivity index (χ0v) is 11.2. The summed E-state index contributed by atoms with van der Waals surface area (Å²) in [4.78, 5) is 13.9. The van der Waals surface area contributed by atoms with Crippen molar-refractivity contribution in [3.63, 3.8) is 0 Å². The fourth-order valence-electron chi connectivity index (χ4n) is 2.64. The minimum Gasteiger partial charge on any atom is -0.370 e. The van der Waals surface area contributed by atoms with Gasteiger partial charge < -0.3 is 16.0 Å². The van der Waals surface area contributed by atoms with Gasteiger partial charge in [0, 0.05) is 32.4 Å². The second kappa shape index (κ2) is 6.02. The van der Waals surface area contributed by atoms with E-state index in [1.807, 2.05) is 0 Å². The van der Waals surface area contributed by atoms with Crippen LogP contribution in [-0.4, -0.2) is 26.0 Å². The van der Waals surface area contributed by atoms with Crippen molar-refractivity contribution in [3.05, 3.63) is 29.6 Å².